The minimum absolute atomic E-state index is 0.0561. The Kier molecular flexibility index (Phi) is 2.11. The van der Waals surface area contributed by atoms with Crippen LogP contribution in [0, 0.1) is 5.92 Å². The molecule has 0 aromatic carbocycles. The van der Waals surface area contributed by atoms with Crippen molar-refractivity contribution >= 4 is 21.9 Å². The number of hydrogen-bond donors (Lipinski definition) is 0. The van der Waals surface area contributed by atoms with E-state index in [1.54, 1.807) is 6.92 Å². The Labute approximate surface area is 62.7 Å². The first kappa shape index (κ1) is 7.06. The van der Waals surface area contributed by atoms with Crippen molar-refractivity contribution in [1.82, 2.24) is 0 Å². The van der Waals surface area contributed by atoms with Crippen LogP contribution in [0.4, 0.5) is 0 Å². The summed E-state index contributed by atoms with van der Waals surface area (Å²) in [6.07, 6.45) is 2.02. The fourth-order valence-electron chi connectivity index (χ4n) is 0.575. The lowest BCUT2D eigenvalue weighted by Gasteiger charge is -2.03. The van der Waals surface area contributed by atoms with E-state index in [9.17, 15) is 4.79 Å². The standard InChI is InChI=1S/C6H9BrO2/c1-4(7)9-6(8)5-2-3-5/h4-5H,2-3H2,1H3. The molecule has 1 unspecified atom stereocenters. The van der Waals surface area contributed by atoms with Crippen molar-refractivity contribution in [1.29, 1.82) is 0 Å². The highest BCUT2D eigenvalue weighted by Crippen LogP contribution is 2.30. The average Bonchev–Trinajstić information content (AvgIpc) is 2.40. The van der Waals surface area contributed by atoms with Crippen LogP contribution in [0.15, 0.2) is 0 Å². The number of halogens is 1. The third-order valence-corrected chi connectivity index (χ3v) is 1.38. The summed E-state index contributed by atoms with van der Waals surface area (Å²) in [6.45, 7) is 1.79. The number of ether oxygens (including phenoxy) is 1. The van der Waals surface area contributed by atoms with Crippen molar-refractivity contribution in [3.8, 4) is 0 Å². The van der Waals surface area contributed by atoms with Crippen molar-refractivity contribution in [2.24, 2.45) is 5.92 Å². The lowest BCUT2D eigenvalue weighted by atomic mass is 10.4. The van der Waals surface area contributed by atoms with Crippen molar-refractivity contribution in [3.63, 3.8) is 0 Å². The molecule has 52 valence electrons. The molecule has 3 heteroatoms. The zero-order valence-corrected chi connectivity index (χ0v) is 6.85. The molecule has 0 radical (unpaired) electrons. The summed E-state index contributed by atoms with van der Waals surface area (Å²) in [6, 6.07) is 0. The molecule has 0 amide bonds. The molecule has 0 heterocycles. The highest BCUT2D eigenvalue weighted by atomic mass is 79.9. The third-order valence-electron chi connectivity index (χ3n) is 1.19. The monoisotopic (exact) mass is 192 g/mol. The molecule has 0 spiro atoms. The largest absolute Gasteiger partial charge is 0.451 e. The fraction of sp³-hybridized carbons (Fsp3) is 0.833. The van der Waals surface area contributed by atoms with E-state index in [1.807, 2.05) is 0 Å². The quantitative estimate of drug-likeness (QED) is 0.492. The molecule has 1 rings (SSSR count). The van der Waals surface area contributed by atoms with Crippen molar-refractivity contribution in [3.05, 3.63) is 0 Å². The molecule has 1 fully saturated rings. The van der Waals surface area contributed by atoms with Crippen molar-refractivity contribution < 1.29 is 9.53 Å². The summed E-state index contributed by atoms with van der Waals surface area (Å²) in [5, 5.41) is -0.134. The molecule has 1 atom stereocenters. The Morgan fingerprint density at radius 1 is 1.78 bits per heavy atom. The van der Waals surface area contributed by atoms with E-state index >= 15 is 0 Å². The smallest absolute Gasteiger partial charge is 0.310 e. The van der Waals surface area contributed by atoms with E-state index in [4.69, 9.17) is 4.74 Å². The van der Waals surface area contributed by atoms with Crippen molar-refractivity contribution in [2.75, 3.05) is 0 Å². The molecule has 0 saturated heterocycles. The molecule has 2 nitrogen and oxygen atoms in total. The van der Waals surface area contributed by atoms with Crippen molar-refractivity contribution in [2.45, 2.75) is 24.8 Å². The van der Waals surface area contributed by atoms with Crippen LogP contribution >= 0.6 is 15.9 Å². The lowest BCUT2D eigenvalue weighted by molar-refractivity contribution is -0.145. The predicted molar refractivity (Wildman–Crippen MR) is 37.2 cm³/mol. The Balaban J connectivity index is 2.18. The van der Waals surface area contributed by atoms with Gasteiger partial charge in [-0.1, -0.05) is 0 Å². The van der Waals surface area contributed by atoms with E-state index in [0.717, 1.165) is 12.8 Å². The summed E-state index contributed by atoms with van der Waals surface area (Å²) in [7, 11) is 0. The molecule has 0 aromatic rings. The molecule has 0 N–H and O–H groups in total. The van der Waals surface area contributed by atoms with E-state index in [-0.39, 0.29) is 16.9 Å². The Morgan fingerprint density at radius 2 is 2.33 bits per heavy atom. The number of alkyl halides is 1. The maximum Gasteiger partial charge on any atom is 0.310 e. The highest BCUT2D eigenvalue weighted by molar-refractivity contribution is 9.09. The zero-order valence-electron chi connectivity index (χ0n) is 5.26. The zero-order chi connectivity index (χ0) is 6.85. The first-order chi connectivity index (χ1) is 4.20. The second-order valence-electron chi connectivity index (χ2n) is 2.25. The van der Waals surface area contributed by atoms with Gasteiger partial charge in [0.15, 0.2) is 5.01 Å². The molecule has 1 saturated carbocycles. The molecular formula is C6H9BrO2. The topological polar surface area (TPSA) is 26.3 Å². The average molecular weight is 193 g/mol. The van der Waals surface area contributed by atoms with Gasteiger partial charge < -0.3 is 4.74 Å². The normalized spacial score (nSPS) is 21.1. The molecule has 1 aliphatic rings. The van der Waals surface area contributed by atoms with Crippen LogP contribution in [0.25, 0.3) is 0 Å². The summed E-state index contributed by atoms with van der Waals surface area (Å²) in [5.41, 5.74) is 0. The number of carbonyl (C=O) groups is 1. The Bertz CT molecular complexity index is 118. The van der Waals surface area contributed by atoms with Gasteiger partial charge in [0, 0.05) is 0 Å². The van der Waals surface area contributed by atoms with E-state index in [2.05, 4.69) is 15.9 Å². The summed E-state index contributed by atoms with van der Waals surface area (Å²) in [4.78, 5) is 10.8. The predicted octanol–water partition coefficient (Wildman–Crippen LogP) is 1.68. The SMILES string of the molecule is CC(Br)OC(=O)C1CC1. The summed E-state index contributed by atoms with van der Waals surface area (Å²) < 4.78 is 4.85. The fourth-order valence-corrected chi connectivity index (χ4v) is 0.760. The summed E-state index contributed by atoms with van der Waals surface area (Å²) >= 11 is 3.13. The van der Waals surface area contributed by atoms with Crippen LogP contribution < -0.4 is 0 Å². The Morgan fingerprint density at radius 3 is 2.67 bits per heavy atom. The van der Waals surface area contributed by atoms with Crippen LogP contribution in [0.3, 0.4) is 0 Å². The first-order valence-corrected chi connectivity index (χ1v) is 3.96. The maximum absolute atomic E-state index is 10.8. The van der Waals surface area contributed by atoms with Crippen LogP contribution in [0.2, 0.25) is 0 Å². The first-order valence-electron chi connectivity index (χ1n) is 3.04. The lowest BCUT2D eigenvalue weighted by Crippen LogP contribution is -2.10. The second-order valence-corrected chi connectivity index (χ2v) is 3.54. The van der Waals surface area contributed by atoms with Gasteiger partial charge in [-0.05, 0) is 35.7 Å². The van der Waals surface area contributed by atoms with Gasteiger partial charge >= 0.3 is 5.97 Å². The van der Waals surface area contributed by atoms with Gasteiger partial charge in [-0.15, -0.1) is 0 Å². The van der Waals surface area contributed by atoms with Gasteiger partial charge in [-0.2, -0.15) is 0 Å². The molecule has 9 heavy (non-hydrogen) atoms. The molecule has 0 aliphatic heterocycles. The molecular weight excluding hydrogens is 184 g/mol. The van der Waals surface area contributed by atoms with Crippen LogP contribution in [-0.4, -0.2) is 11.0 Å². The van der Waals surface area contributed by atoms with Crippen LogP contribution in [0.1, 0.15) is 19.8 Å². The number of esters is 1. The summed E-state index contributed by atoms with van der Waals surface area (Å²) in [5.74, 6) is 0.157. The van der Waals surface area contributed by atoms with Gasteiger partial charge in [-0.25, -0.2) is 0 Å². The van der Waals surface area contributed by atoms with Gasteiger partial charge in [0.25, 0.3) is 0 Å². The van der Waals surface area contributed by atoms with E-state index in [0.29, 0.717) is 0 Å². The van der Waals surface area contributed by atoms with E-state index < -0.39 is 0 Å². The van der Waals surface area contributed by atoms with Gasteiger partial charge in [0.2, 0.25) is 0 Å². The van der Waals surface area contributed by atoms with Crippen LogP contribution in [0.5, 0.6) is 0 Å². The molecule has 0 aromatic heterocycles. The third kappa shape index (κ3) is 2.35. The molecule has 0 bridgehead atoms. The number of rotatable bonds is 2. The van der Waals surface area contributed by atoms with Gasteiger partial charge in [0.05, 0.1) is 5.92 Å². The van der Waals surface area contributed by atoms with E-state index in [1.165, 1.54) is 0 Å². The van der Waals surface area contributed by atoms with Gasteiger partial charge in [-0.3, -0.25) is 4.79 Å². The minimum atomic E-state index is -0.134. The number of hydrogen-bond acceptors (Lipinski definition) is 2. The highest BCUT2D eigenvalue weighted by Gasteiger charge is 2.31. The van der Waals surface area contributed by atoms with Crippen LogP contribution in [-0.2, 0) is 9.53 Å². The maximum atomic E-state index is 10.8. The Hall–Kier alpha value is -0.0500. The minimum Gasteiger partial charge on any atom is -0.451 e. The second kappa shape index (κ2) is 2.69. The number of carbonyl (C=O) groups excluding carboxylic acids is 1. The molecule has 1 aliphatic carbocycles. The van der Waals surface area contributed by atoms with Gasteiger partial charge in [0.1, 0.15) is 0 Å².